The summed E-state index contributed by atoms with van der Waals surface area (Å²) in [5.74, 6) is 0.495. The highest BCUT2D eigenvalue weighted by Gasteiger charge is 2.10. The quantitative estimate of drug-likeness (QED) is 0.829. The normalized spacial score (nSPS) is 9.86. The van der Waals surface area contributed by atoms with Crippen LogP contribution in [0, 0.1) is 0 Å². The summed E-state index contributed by atoms with van der Waals surface area (Å²) >= 11 is 8.07. The van der Waals surface area contributed by atoms with Crippen LogP contribution in [0.2, 0.25) is 0 Å². The smallest absolute Gasteiger partial charge is 0.161 e. The van der Waals surface area contributed by atoms with Gasteiger partial charge in [-0.25, -0.2) is 0 Å². The van der Waals surface area contributed by atoms with Crippen molar-refractivity contribution >= 4 is 33.1 Å². The van der Waals surface area contributed by atoms with Gasteiger partial charge in [-0.15, -0.1) is 0 Å². The molecule has 0 radical (unpaired) electrons. The number of methoxy groups -OCH3 is 1. The number of rotatable bonds is 3. The molecule has 76 valence electrons. The van der Waals surface area contributed by atoms with Gasteiger partial charge in [-0.05, 0) is 12.1 Å². The Bertz CT molecular complexity index is 368. The van der Waals surface area contributed by atoms with Crippen molar-refractivity contribution in [2.45, 2.75) is 6.42 Å². The molecule has 0 unspecified atom stereocenters. The lowest BCUT2D eigenvalue weighted by molar-refractivity contribution is 0.371. The standard InChI is InChI=1S/C9H10BrNO2S/c1-13-7-4-6(10)2-5(9(7)12)3-8(11)14/h2,4,12H,3H2,1H3,(H2,11,14). The molecule has 0 heterocycles. The van der Waals surface area contributed by atoms with E-state index in [-0.39, 0.29) is 5.75 Å². The van der Waals surface area contributed by atoms with Crippen molar-refractivity contribution in [3.63, 3.8) is 0 Å². The minimum atomic E-state index is 0.0866. The molecule has 0 saturated carbocycles. The summed E-state index contributed by atoms with van der Waals surface area (Å²) < 4.78 is 5.80. The fourth-order valence-corrected chi connectivity index (χ4v) is 1.75. The van der Waals surface area contributed by atoms with Crippen molar-refractivity contribution in [1.82, 2.24) is 0 Å². The average molecular weight is 276 g/mol. The molecule has 0 aliphatic heterocycles. The zero-order valence-corrected chi connectivity index (χ0v) is 9.98. The van der Waals surface area contributed by atoms with Gasteiger partial charge in [-0.2, -0.15) is 0 Å². The Morgan fingerprint density at radius 2 is 2.29 bits per heavy atom. The minimum absolute atomic E-state index is 0.0866. The number of nitrogens with two attached hydrogens (primary N) is 1. The summed E-state index contributed by atoms with van der Waals surface area (Å²) in [5.41, 5.74) is 6.06. The van der Waals surface area contributed by atoms with Gasteiger partial charge >= 0.3 is 0 Å². The molecular formula is C9H10BrNO2S. The highest BCUT2D eigenvalue weighted by molar-refractivity contribution is 9.10. The van der Waals surface area contributed by atoms with E-state index in [0.717, 1.165) is 4.47 Å². The van der Waals surface area contributed by atoms with Gasteiger partial charge in [0.15, 0.2) is 11.5 Å². The third kappa shape index (κ3) is 2.59. The number of phenols is 1. The first-order chi connectivity index (χ1) is 6.54. The van der Waals surface area contributed by atoms with Gasteiger partial charge in [0, 0.05) is 16.5 Å². The minimum Gasteiger partial charge on any atom is -0.504 e. The molecule has 1 aromatic carbocycles. The van der Waals surface area contributed by atoms with Crippen LogP contribution in [0.1, 0.15) is 5.56 Å². The number of phenolic OH excluding ortho intramolecular Hbond substituents is 1. The first-order valence-electron chi connectivity index (χ1n) is 3.88. The topological polar surface area (TPSA) is 55.5 Å². The molecule has 0 bridgehead atoms. The SMILES string of the molecule is COc1cc(Br)cc(CC(N)=S)c1O. The average Bonchev–Trinajstić information content (AvgIpc) is 2.09. The molecule has 0 aliphatic carbocycles. The van der Waals surface area contributed by atoms with Crippen LogP contribution in [0.3, 0.4) is 0 Å². The summed E-state index contributed by atoms with van der Waals surface area (Å²) in [6.45, 7) is 0. The van der Waals surface area contributed by atoms with Gasteiger partial charge in [0.05, 0.1) is 12.1 Å². The summed E-state index contributed by atoms with van der Waals surface area (Å²) in [6.07, 6.45) is 0.358. The third-order valence-corrected chi connectivity index (χ3v) is 2.31. The van der Waals surface area contributed by atoms with E-state index in [0.29, 0.717) is 22.7 Å². The van der Waals surface area contributed by atoms with E-state index in [1.165, 1.54) is 7.11 Å². The maximum atomic E-state index is 9.70. The molecule has 1 rings (SSSR count). The highest BCUT2D eigenvalue weighted by atomic mass is 79.9. The Labute approximate surface area is 96.0 Å². The Hall–Kier alpha value is -0.810. The van der Waals surface area contributed by atoms with Crippen LogP contribution >= 0.6 is 28.1 Å². The number of benzene rings is 1. The Morgan fingerprint density at radius 3 is 2.79 bits per heavy atom. The van der Waals surface area contributed by atoms with Crippen LogP contribution in [-0.4, -0.2) is 17.2 Å². The molecule has 0 spiro atoms. The molecule has 0 aromatic heterocycles. The molecule has 0 fully saturated rings. The van der Waals surface area contributed by atoms with Gasteiger partial charge in [0.2, 0.25) is 0 Å². The van der Waals surface area contributed by atoms with Gasteiger partial charge < -0.3 is 15.6 Å². The Kier molecular flexibility index (Phi) is 3.71. The first kappa shape index (κ1) is 11.3. The predicted molar refractivity (Wildman–Crippen MR) is 62.8 cm³/mol. The molecular weight excluding hydrogens is 266 g/mol. The van der Waals surface area contributed by atoms with Gasteiger partial charge in [-0.3, -0.25) is 0 Å². The second-order valence-corrected chi connectivity index (χ2v) is 4.20. The van der Waals surface area contributed by atoms with Gasteiger partial charge in [-0.1, -0.05) is 28.1 Å². The van der Waals surface area contributed by atoms with Crippen molar-refractivity contribution in [2.75, 3.05) is 7.11 Å². The number of hydrogen-bond donors (Lipinski definition) is 2. The second-order valence-electron chi connectivity index (χ2n) is 2.76. The van der Waals surface area contributed by atoms with E-state index in [1.807, 2.05) is 0 Å². The first-order valence-corrected chi connectivity index (χ1v) is 5.08. The lowest BCUT2D eigenvalue weighted by atomic mass is 10.1. The van der Waals surface area contributed by atoms with Gasteiger partial charge in [0.1, 0.15) is 0 Å². The summed E-state index contributed by atoms with van der Waals surface area (Å²) in [5, 5.41) is 9.70. The van der Waals surface area contributed by atoms with Crippen LogP contribution in [0.4, 0.5) is 0 Å². The molecule has 1 aromatic rings. The fourth-order valence-electron chi connectivity index (χ4n) is 1.11. The Balaban J connectivity index is 3.15. The van der Waals surface area contributed by atoms with Crippen molar-refractivity contribution in [3.05, 3.63) is 22.2 Å². The maximum absolute atomic E-state index is 9.70. The fraction of sp³-hybridized carbons (Fsp3) is 0.222. The van der Waals surface area contributed by atoms with Crippen LogP contribution in [0.5, 0.6) is 11.5 Å². The van der Waals surface area contributed by atoms with Crippen molar-refractivity contribution < 1.29 is 9.84 Å². The van der Waals surface area contributed by atoms with Crippen molar-refractivity contribution in [1.29, 1.82) is 0 Å². The van der Waals surface area contributed by atoms with Gasteiger partial charge in [0.25, 0.3) is 0 Å². The second kappa shape index (κ2) is 4.61. The molecule has 3 N–H and O–H groups in total. The van der Waals surface area contributed by atoms with Crippen LogP contribution in [0.15, 0.2) is 16.6 Å². The van der Waals surface area contributed by atoms with Crippen molar-refractivity contribution in [3.8, 4) is 11.5 Å². The zero-order chi connectivity index (χ0) is 10.7. The molecule has 0 amide bonds. The molecule has 0 aliphatic rings. The van der Waals surface area contributed by atoms with Crippen LogP contribution in [0.25, 0.3) is 0 Å². The number of hydrogen-bond acceptors (Lipinski definition) is 3. The van der Waals surface area contributed by atoms with Crippen LogP contribution in [-0.2, 0) is 6.42 Å². The number of halogens is 1. The molecule has 14 heavy (non-hydrogen) atoms. The van der Waals surface area contributed by atoms with E-state index in [1.54, 1.807) is 12.1 Å². The van der Waals surface area contributed by atoms with E-state index >= 15 is 0 Å². The molecule has 0 atom stereocenters. The largest absolute Gasteiger partial charge is 0.504 e. The number of ether oxygens (including phenoxy) is 1. The van der Waals surface area contributed by atoms with E-state index in [2.05, 4.69) is 15.9 Å². The van der Waals surface area contributed by atoms with E-state index < -0.39 is 0 Å². The summed E-state index contributed by atoms with van der Waals surface area (Å²) in [7, 11) is 1.49. The third-order valence-electron chi connectivity index (χ3n) is 1.70. The lowest BCUT2D eigenvalue weighted by Gasteiger charge is -2.09. The zero-order valence-electron chi connectivity index (χ0n) is 7.58. The highest BCUT2D eigenvalue weighted by Crippen LogP contribution is 2.33. The van der Waals surface area contributed by atoms with E-state index in [4.69, 9.17) is 22.7 Å². The van der Waals surface area contributed by atoms with Crippen molar-refractivity contribution in [2.24, 2.45) is 5.73 Å². The molecule has 3 nitrogen and oxygen atoms in total. The summed E-state index contributed by atoms with van der Waals surface area (Å²) in [6, 6.07) is 3.44. The number of thiocarbonyl (C=S) groups is 1. The lowest BCUT2D eigenvalue weighted by Crippen LogP contribution is -2.11. The van der Waals surface area contributed by atoms with Crippen LogP contribution < -0.4 is 10.5 Å². The van der Waals surface area contributed by atoms with E-state index in [9.17, 15) is 5.11 Å². The monoisotopic (exact) mass is 275 g/mol. The maximum Gasteiger partial charge on any atom is 0.161 e. The number of aromatic hydroxyl groups is 1. The predicted octanol–water partition coefficient (Wildman–Crippen LogP) is 1.99. The molecule has 5 heteroatoms. The molecule has 0 saturated heterocycles. The summed E-state index contributed by atoms with van der Waals surface area (Å²) in [4.78, 5) is 0.334. The Morgan fingerprint density at radius 1 is 1.64 bits per heavy atom.